The number of carbonyl (C=O) groups is 2. The standard InChI is InChI=1S/C16H13BrClNO3/c17-12-3-1-2-11(8-12)16(22)19-14(9-15(20)21)10-4-6-13(18)7-5-10/h1-8,14H,9H2,(H,19,22)(H,20,21)/t14-/m0/s1. The summed E-state index contributed by atoms with van der Waals surface area (Å²) in [6, 6.07) is 13.0. The summed E-state index contributed by atoms with van der Waals surface area (Å²) in [5, 5.41) is 12.3. The van der Waals surface area contributed by atoms with Crippen LogP contribution in [0.5, 0.6) is 0 Å². The SMILES string of the molecule is O=C(O)C[C@H](NC(=O)c1cccc(Br)c1)c1ccc(Cl)cc1. The topological polar surface area (TPSA) is 66.4 Å². The van der Waals surface area contributed by atoms with Crippen molar-refractivity contribution in [3.63, 3.8) is 0 Å². The van der Waals surface area contributed by atoms with E-state index in [1.807, 2.05) is 6.07 Å². The van der Waals surface area contributed by atoms with Gasteiger partial charge in [0.15, 0.2) is 0 Å². The largest absolute Gasteiger partial charge is 0.481 e. The van der Waals surface area contributed by atoms with Crippen LogP contribution in [0.4, 0.5) is 0 Å². The zero-order chi connectivity index (χ0) is 16.1. The Morgan fingerprint density at radius 2 is 1.86 bits per heavy atom. The average Bonchev–Trinajstić information content (AvgIpc) is 2.47. The maximum absolute atomic E-state index is 12.3. The van der Waals surface area contributed by atoms with Crippen LogP contribution in [0.25, 0.3) is 0 Å². The summed E-state index contributed by atoms with van der Waals surface area (Å²) < 4.78 is 0.779. The molecule has 0 fully saturated rings. The van der Waals surface area contributed by atoms with Crippen molar-refractivity contribution in [3.8, 4) is 0 Å². The molecule has 22 heavy (non-hydrogen) atoms. The summed E-state index contributed by atoms with van der Waals surface area (Å²) in [6.07, 6.45) is -0.207. The molecule has 1 amide bonds. The third-order valence-corrected chi connectivity index (χ3v) is 3.79. The summed E-state index contributed by atoms with van der Waals surface area (Å²) in [5.41, 5.74) is 1.15. The number of hydrogen-bond acceptors (Lipinski definition) is 2. The number of halogens is 2. The van der Waals surface area contributed by atoms with Gasteiger partial charge < -0.3 is 10.4 Å². The van der Waals surface area contributed by atoms with Gasteiger partial charge in [0.05, 0.1) is 12.5 Å². The number of nitrogens with one attached hydrogen (secondary N) is 1. The van der Waals surface area contributed by atoms with Gasteiger partial charge in [-0.25, -0.2) is 0 Å². The zero-order valence-electron chi connectivity index (χ0n) is 11.4. The minimum atomic E-state index is -0.991. The maximum Gasteiger partial charge on any atom is 0.305 e. The molecule has 2 rings (SSSR count). The Bertz CT molecular complexity index is 688. The highest BCUT2D eigenvalue weighted by molar-refractivity contribution is 9.10. The van der Waals surface area contributed by atoms with E-state index in [2.05, 4.69) is 21.2 Å². The molecule has 0 bridgehead atoms. The van der Waals surface area contributed by atoms with Gasteiger partial charge in [-0.15, -0.1) is 0 Å². The Hall–Kier alpha value is -1.85. The number of carboxylic acids is 1. The molecule has 0 heterocycles. The van der Waals surface area contributed by atoms with Crippen LogP contribution in [0.15, 0.2) is 53.0 Å². The van der Waals surface area contributed by atoms with Crippen molar-refractivity contribution in [1.82, 2.24) is 5.32 Å². The third-order valence-electron chi connectivity index (χ3n) is 3.04. The van der Waals surface area contributed by atoms with E-state index in [0.29, 0.717) is 16.1 Å². The summed E-state index contributed by atoms with van der Waals surface area (Å²) in [5.74, 6) is -1.32. The molecule has 6 heteroatoms. The summed E-state index contributed by atoms with van der Waals surface area (Å²) >= 11 is 9.13. The van der Waals surface area contributed by atoms with Crippen LogP contribution in [0.1, 0.15) is 28.4 Å². The number of carbonyl (C=O) groups excluding carboxylic acids is 1. The van der Waals surface area contributed by atoms with Gasteiger partial charge in [-0.1, -0.05) is 45.7 Å². The van der Waals surface area contributed by atoms with Crippen molar-refractivity contribution in [2.24, 2.45) is 0 Å². The van der Waals surface area contributed by atoms with Crippen LogP contribution in [0, 0.1) is 0 Å². The number of carboxylic acid groups (broad SMARTS) is 1. The minimum absolute atomic E-state index is 0.207. The fourth-order valence-electron chi connectivity index (χ4n) is 1.99. The molecule has 0 saturated heterocycles. The number of hydrogen-bond donors (Lipinski definition) is 2. The van der Waals surface area contributed by atoms with Crippen LogP contribution in [0.3, 0.4) is 0 Å². The van der Waals surface area contributed by atoms with Crippen LogP contribution < -0.4 is 5.32 Å². The molecule has 0 aliphatic heterocycles. The first-order valence-electron chi connectivity index (χ1n) is 6.49. The minimum Gasteiger partial charge on any atom is -0.481 e. The number of aliphatic carboxylic acids is 1. The van der Waals surface area contributed by atoms with E-state index in [4.69, 9.17) is 16.7 Å². The van der Waals surface area contributed by atoms with Gasteiger partial charge in [-0.2, -0.15) is 0 Å². The molecule has 0 unspecified atom stereocenters. The van der Waals surface area contributed by atoms with Crippen molar-refractivity contribution < 1.29 is 14.7 Å². The van der Waals surface area contributed by atoms with Crippen LogP contribution in [0.2, 0.25) is 5.02 Å². The second-order valence-corrected chi connectivity index (χ2v) is 6.04. The lowest BCUT2D eigenvalue weighted by Gasteiger charge is -2.17. The van der Waals surface area contributed by atoms with Crippen LogP contribution in [-0.4, -0.2) is 17.0 Å². The summed E-state index contributed by atoms with van der Waals surface area (Å²) in [4.78, 5) is 23.3. The number of rotatable bonds is 5. The van der Waals surface area contributed by atoms with Gasteiger partial charge in [0, 0.05) is 15.1 Å². The highest BCUT2D eigenvalue weighted by Crippen LogP contribution is 2.20. The monoisotopic (exact) mass is 381 g/mol. The fraction of sp³-hybridized carbons (Fsp3) is 0.125. The lowest BCUT2D eigenvalue weighted by atomic mass is 10.0. The second-order valence-electron chi connectivity index (χ2n) is 4.69. The van der Waals surface area contributed by atoms with Crippen molar-refractivity contribution in [2.45, 2.75) is 12.5 Å². The van der Waals surface area contributed by atoms with Crippen molar-refractivity contribution in [2.75, 3.05) is 0 Å². The highest BCUT2D eigenvalue weighted by atomic mass is 79.9. The van der Waals surface area contributed by atoms with E-state index >= 15 is 0 Å². The molecule has 0 saturated carbocycles. The second kappa shape index (κ2) is 7.42. The van der Waals surface area contributed by atoms with Gasteiger partial charge in [0.25, 0.3) is 5.91 Å². The predicted octanol–water partition coefficient (Wildman–Crippen LogP) is 4.05. The zero-order valence-corrected chi connectivity index (χ0v) is 13.8. The molecule has 1 atom stereocenters. The van der Waals surface area contributed by atoms with E-state index in [-0.39, 0.29) is 12.3 Å². The van der Waals surface area contributed by atoms with E-state index in [1.54, 1.807) is 42.5 Å². The maximum atomic E-state index is 12.3. The van der Waals surface area contributed by atoms with Crippen molar-refractivity contribution in [1.29, 1.82) is 0 Å². The molecule has 0 aliphatic rings. The normalized spacial score (nSPS) is 11.7. The van der Waals surface area contributed by atoms with E-state index < -0.39 is 12.0 Å². The Morgan fingerprint density at radius 3 is 2.45 bits per heavy atom. The Labute approximate surface area is 141 Å². The quantitative estimate of drug-likeness (QED) is 0.820. The van der Waals surface area contributed by atoms with Gasteiger partial charge in [-0.05, 0) is 35.9 Å². The van der Waals surface area contributed by atoms with Gasteiger partial charge in [-0.3, -0.25) is 9.59 Å². The molecule has 4 nitrogen and oxygen atoms in total. The molecule has 0 radical (unpaired) electrons. The highest BCUT2D eigenvalue weighted by Gasteiger charge is 2.19. The lowest BCUT2D eigenvalue weighted by molar-refractivity contribution is -0.137. The predicted molar refractivity (Wildman–Crippen MR) is 88.1 cm³/mol. The molecule has 0 spiro atoms. The Balaban J connectivity index is 2.21. The summed E-state index contributed by atoms with van der Waals surface area (Å²) in [6.45, 7) is 0. The molecule has 2 aromatic carbocycles. The first-order chi connectivity index (χ1) is 10.5. The number of amides is 1. The molecule has 0 aromatic heterocycles. The average molecular weight is 383 g/mol. The number of benzene rings is 2. The first kappa shape index (κ1) is 16.5. The van der Waals surface area contributed by atoms with E-state index in [1.165, 1.54) is 0 Å². The Kier molecular flexibility index (Phi) is 5.57. The van der Waals surface area contributed by atoms with E-state index in [0.717, 1.165) is 4.47 Å². The van der Waals surface area contributed by atoms with E-state index in [9.17, 15) is 9.59 Å². The molecule has 2 aromatic rings. The van der Waals surface area contributed by atoms with Crippen molar-refractivity contribution >= 4 is 39.4 Å². The summed E-state index contributed by atoms with van der Waals surface area (Å²) in [7, 11) is 0. The molecular formula is C16H13BrClNO3. The molecule has 0 aliphatic carbocycles. The van der Waals surface area contributed by atoms with Gasteiger partial charge >= 0.3 is 5.97 Å². The van der Waals surface area contributed by atoms with Crippen LogP contribution >= 0.6 is 27.5 Å². The fourth-order valence-corrected chi connectivity index (χ4v) is 2.52. The Morgan fingerprint density at radius 1 is 1.18 bits per heavy atom. The molecular weight excluding hydrogens is 370 g/mol. The van der Waals surface area contributed by atoms with Gasteiger partial charge in [0.2, 0.25) is 0 Å². The third kappa shape index (κ3) is 4.58. The first-order valence-corrected chi connectivity index (χ1v) is 7.66. The lowest BCUT2D eigenvalue weighted by Crippen LogP contribution is -2.30. The molecule has 114 valence electrons. The van der Waals surface area contributed by atoms with Gasteiger partial charge in [0.1, 0.15) is 0 Å². The van der Waals surface area contributed by atoms with Crippen LogP contribution in [-0.2, 0) is 4.79 Å². The molecule has 2 N–H and O–H groups in total. The van der Waals surface area contributed by atoms with Crippen molar-refractivity contribution in [3.05, 3.63) is 69.2 Å². The smallest absolute Gasteiger partial charge is 0.305 e.